The van der Waals surface area contributed by atoms with Gasteiger partial charge in [-0.15, -0.1) is 0 Å². The first-order valence-corrected chi connectivity index (χ1v) is 8.29. The van der Waals surface area contributed by atoms with E-state index >= 15 is 0 Å². The van der Waals surface area contributed by atoms with Crippen molar-refractivity contribution in [3.8, 4) is 0 Å². The Hall–Kier alpha value is -1.08. The molecule has 1 fully saturated rings. The summed E-state index contributed by atoms with van der Waals surface area (Å²) in [4.78, 5) is 2.67. The zero-order chi connectivity index (χ0) is 13.8. The second-order valence-electron chi connectivity index (χ2n) is 6.67. The normalized spacial score (nSPS) is 26.4. The molecule has 0 spiro atoms. The Morgan fingerprint density at radius 1 is 1.15 bits per heavy atom. The summed E-state index contributed by atoms with van der Waals surface area (Å²) in [5, 5.41) is 0. The van der Waals surface area contributed by atoms with Crippen LogP contribution in [0.5, 0.6) is 0 Å². The molecule has 1 aromatic carbocycles. The van der Waals surface area contributed by atoms with Crippen molar-refractivity contribution < 1.29 is 0 Å². The average molecular weight is 269 g/mol. The van der Waals surface area contributed by atoms with Gasteiger partial charge >= 0.3 is 0 Å². The van der Waals surface area contributed by atoms with Gasteiger partial charge in [0.15, 0.2) is 0 Å². The Balaban J connectivity index is 1.59. The summed E-state index contributed by atoms with van der Waals surface area (Å²) in [6.45, 7) is 5.99. The van der Waals surface area contributed by atoms with Crippen LogP contribution in [0.3, 0.4) is 0 Å². The number of unbranched alkanes of at least 4 members (excludes halogenated alkanes) is 1. The molecule has 1 aliphatic heterocycles. The number of rotatable bonds is 5. The van der Waals surface area contributed by atoms with Crippen molar-refractivity contribution in [3.05, 3.63) is 47.5 Å². The largest absolute Gasteiger partial charge is 0.298 e. The number of piperidine rings is 1. The zero-order valence-electron chi connectivity index (χ0n) is 12.7. The van der Waals surface area contributed by atoms with Gasteiger partial charge in [0.1, 0.15) is 0 Å². The van der Waals surface area contributed by atoms with E-state index in [0.29, 0.717) is 0 Å². The molecule has 3 rings (SSSR count). The predicted molar refractivity (Wildman–Crippen MR) is 85.5 cm³/mol. The van der Waals surface area contributed by atoms with Crippen molar-refractivity contribution in [2.45, 2.75) is 45.6 Å². The average Bonchev–Trinajstić information content (AvgIpc) is 2.45. The molecule has 1 heteroatoms. The van der Waals surface area contributed by atoms with Gasteiger partial charge in [0, 0.05) is 19.6 Å². The molecular formula is C19H27N. The molecule has 108 valence electrons. The van der Waals surface area contributed by atoms with E-state index in [-0.39, 0.29) is 0 Å². The van der Waals surface area contributed by atoms with Crippen LogP contribution in [0.25, 0.3) is 0 Å². The van der Waals surface area contributed by atoms with Crippen LogP contribution in [-0.4, -0.2) is 18.0 Å². The fraction of sp³-hybridized carbons (Fsp3) is 0.579. The Morgan fingerprint density at radius 2 is 2.00 bits per heavy atom. The third-order valence-electron chi connectivity index (χ3n) is 4.77. The smallest absolute Gasteiger partial charge is 0.0234 e. The van der Waals surface area contributed by atoms with E-state index in [0.717, 1.165) is 18.4 Å². The van der Waals surface area contributed by atoms with E-state index < -0.39 is 0 Å². The first-order chi connectivity index (χ1) is 9.83. The maximum atomic E-state index is 2.67. The fourth-order valence-corrected chi connectivity index (χ4v) is 3.95. The molecule has 20 heavy (non-hydrogen) atoms. The number of hydrogen-bond donors (Lipinski definition) is 0. The number of benzene rings is 1. The Morgan fingerprint density at radius 3 is 2.75 bits per heavy atom. The molecular weight excluding hydrogens is 242 g/mol. The van der Waals surface area contributed by atoms with Crippen molar-refractivity contribution in [1.29, 1.82) is 0 Å². The van der Waals surface area contributed by atoms with Gasteiger partial charge in [0.2, 0.25) is 0 Å². The molecule has 1 saturated heterocycles. The second kappa shape index (κ2) is 6.58. The molecule has 2 atom stereocenters. The second-order valence-corrected chi connectivity index (χ2v) is 6.67. The van der Waals surface area contributed by atoms with Gasteiger partial charge in [-0.2, -0.15) is 0 Å². The molecule has 1 aromatic rings. The van der Waals surface area contributed by atoms with E-state index in [1.807, 2.05) is 0 Å². The summed E-state index contributed by atoms with van der Waals surface area (Å²) in [5.41, 5.74) is 3.22. The summed E-state index contributed by atoms with van der Waals surface area (Å²) in [5.74, 6) is 1.73. The van der Waals surface area contributed by atoms with Crippen LogP contribution in [0.2, 0.25) is 0 Å². The van der Waals surface area contributed by atoms with E-state index in [2.05, 4.69) is 48.2 Å². The highest BCUT2D eigenvalue weighted by Gasteiger charge is 2.30. The summed E-state index contributed by atoms with van der Waals surface area (Å²) in [7, 11) is 0. The van der Waals surface area contributed by atoms with Crippen molar-refractivity contribution in [2.75, 3.05) is 13.1 Å². The zero-order valence-corrected chi connectivity index (χ0v) is 12.7. The van der Waals surface area contributed by atoms with E-state index in [4.69, 9.17) is 0 Å². The van der Waals surface area contributed by atoms with E-state index in [1.165, 1.54) is 50.8 Å². The van der Waals surface area contributed by atoms with Crippen LogP contribution in [0.4, 0.5) is 0 Å². The SMILES string of the molecule is CCCCC1=CC2CC(C1)CN(Cc1ccccc1)C2. The third-order valence-corrected chi connectivity index (χ3v) is 4.77. The van der Waals surface area contributed by atoms with Gasteiger partial charge in [-0.3, -0.25) is 4.90 Å². The summed E-state index contributed by atoms with van der Waals surface area (Å²) in [6.07, 6.45) is 9.46. The minimum absolute atomic E-state index is 0.818. The minimum Gasteiger partial charge on any atom is -0.298 e. The van der Waals surface area contributed by atoms with Gasteiger partial charge in [0.25, 0.3) is 0 Å². The highest BCUT2D eigenvalue weighted by atomic mass is 15.1. The van der Waals surface area contributed by atoms with Crippen molar-refractivity contribution in [3.63, 3.8) is 0 Å². The maximum absolute atomic E-state index is 2.67. The van der Waals surface area contributed by atoms with Gasteiger partial charge in [0.05, 0.1) is 0 Å². The van der Waals surface area contributed by atoms with Crippen molar-refractivity contribution in [1.82, 2.24) is 4.90 Å². The molecule has 1 aliphatic carbocycles. The lowest BCUT2D eigenvalue weighted by atomic mass is 9.77. The molecule has 0 aromatic heterocycles. The number of allylic oxidation sites excluding steroid dienone is 1. The summed E-state index contributed by atoms with van der Waals surface area (Å²) >= 11 is 0. The lowest BCUT2D eigenvalue weighted by Gasteiger charge is -2.40. The Labute approximate surface area is 123 Å². The highest BCUT2D eigenvalue weighted by Crippen LogP contribution is 2.35. The van der Waals surface area contributed by atoms with Gasteiger partial charge in [-0.25, -0.2) is 0 Å². The lowest BCUT2D eigenvalue weighted by molar-refractivity contribution is 0.127. The van der Waals surface area contributed by atoms with Crippen molar-refractivity contribution >= 4 is 0 Å². The topological polar surface area (TPSA) is 3.24 Å². The molecule has 2 unspecified atom stereocenters. The van der Waals surface area contributed by atoms with Crippen LogP contribution in [0.1, 0.15) is 44.6 Å². The van der Waals surface area contributed by atoms with E-state index in [1.54, 1.807) is 5.57 Å². The minimum atomic E-state index is 0.818. The predicted octanol–water partition coefficient (Wildman–Crippen LogP) is 4.65. The first-order valence-electron chi connectivity index (χ1n) is 8.29. The molecule has 1 heterocycles. The molecule has 0 radical (unpaired) electrons. The quantitative estimate of drug-likeness (QED) is 0.704. The summed E-state index contributed by atoms with van der Waals surface area (Å²) in [6, 6.07) is 10.9. The van der Waals surface area contributed by atoms with Crippen LogP contribution < -0.4 is 0 Å². The van der Waals surface area contributed by atoms with Gasteiger partial charge in [-0.05, 0) is 43.1 Å². The first kappa shape index (κ1) is 13.9. The summed E-state index contributed by atoms with van der Waals surface area (Å²) < 4.78 is 0. The Bertz CT molecular complexity index is 448. The molecule has 0 amide bonds. The highest BCUT2D eigenvalue weighted by molar-refractivity contribution is 5.16. The van der Waals surface area contributed by atoms with Gasteiger partial charge in [-0.1, -0.05) is 55.3 Å². The fourth-order valence-electron chi connectivity index (χ4n) is 3.95. The van der Waals surface area contributed by atoms with Crippen LogP contribution >= 0.6 is 0 Å². The number of hydrogen-bond acceptors (Lipinski definition) is 1. The molecule has 1 nitrogen and oxygen atoms in total. The van der Waals surface area contributed by atoms with Crippen molar-refractivity contribution in [2.24, 2.45) is 11.8 Å². The van der Waals surface area contributed by atoms with Crippen LogP contribution in [-0.2, 0) is 6.54 Å². The molecule has 2 bridgehead atoms. The molecule has 0 saturated carbocycles. The monoisotopic (exact) mass is 269 g/mol. The Kier molecular flexibility index (Phi) is 4.57. The molecule has 2 aliphatic rings. The third kappa shape index (κ3) is 3.52. The molecule has 0 N–H and O–H groups in total. The lowest BCUT2D eigenvalue weighted by Crippen LogP contribution is -2.41. The maximum Gasteiger partial charge on any atom is 0.0234 e. The standard InChI is InChI=1S/C19H27N/c1-2-3-7-17-10-18-12-19(11-17)15-20(14-18)13-16-8-5-4-6-9-16/h4-6,8-10,18-19H,2-3,7,11-15H2,1H3. The number of likely N-dealkylation sites (tertiary alicyclic amines) is 1. The van der Waals surface area contributed by atoms with Crippen LogP contribution in [0.15, 0.2) is 42.0 Å². The van der Waals surface area contributed by atoms with Gasteiger partial charge < -0.3 is 0 Å². The van der Waals surface area contributed by atoms with Crippen LogP contribution in [0, 0.1) is 11.8 Å². The van der Waals surface area contributed by atoms with E-state index in [9.17, 15) is 0 Å². The number of fused-ring (bicyclic) bond motifs is 2. The number of nitrogens with zero attached hydrogens (tertiary/aromatic N) is 1.